The highest BCUT2D eigenvalue weighted by atomic mass is 35.5. The molecule has 2 N–H and O–H groups in total. The molecule has 0 bridgehead atoms. The standard InChI is InChI=1S/C15H22N2O4S.ClH/c1-11-9-13(15(18)19)10-14(12(11)2)22(20,21)16-5-8-17-6-3-4-7-17;/h9-10,16H,3-8H2,1-2H3,(H,18,19);1H. The second kappa shape index (κ2) is 8.10. The summed E-state index contributed by atoms with van der Waals surface area (Å²) in [5, 5.41) is 9.09. The molecule has 0 atom stereocenters. The van der Waals surface area contributed by atoms with Gasteiger partial charge in [-0.3, -0.25) is 0 Å². The molecule has 23 heavy (non-hydrogen) atoms. The van der Waals surface area contributed by atoms with Gasteiger partial charge in [-0.15, -0.1) is 12.4 Å². The van der Waals surface area contributed by atoms with Crippen LogP contribution in [-0.4, -0.2) is 50.6 Å². The lowest BCUT2D eigenvalue weighted by Gasteiger charge is -2.16. The highest BCUT2D eigenvalue weighted by Gasteiger charge is 2.21. The van der Waals surface area contributed by atoms with E-state index < -0.39 is 16.0 Å². The number of carboxylic acid groups (broad SMARTS) is 1. The van der Waals surface area contributed by atoms with Crippen molar-refractivity contribution in [3.63, 3.8) is 0 Å². The molecule has 1 aliphatic rings. The monoisotopic (exact) mass is 362 g/mol. The summed E-state index contributed by atoms with van der Waals surface area (Å²) >= 11 is 0. The number of sulfonamides is 1. The predicted octanol–water partition coefficient (Wildman–Crippen LogP) is 1.80. The molecule has 0 aromatic heterocycles. The van der Waals surface area contributed by atoms with E-state index >= 15 is 0 Å². The molecule has 1 aliphatic heterocycles. The number of halogens is 1. The molecular formula is C15H23ClN2O4S. The Labute approximate surface area is 143 Å². The summed E-state index contributed by atoms with van der Waals surface area (Å²) in [7, 11) is -3.70. The number of aromatic carboxylic acids is 1. The molecule has 0 spiro atoms. The van der Waals surface area contributed by atoms with Crippen molar-refractivity contribution in [1.29, 1.82) is 0 Å². The number of benzene rings is 1. The molecule has 1 aromatic rings. The molecule has 8 heteroatoms. The van der Waals surface area contributed by atoms with E-state index in [4.69, 9.17) is 5.11 Å². The van der Waals surface area contributed by atoms with Crippen molar-refractivity contribution in [1.82, 2.24) is 9.62 Å². The topological polar surface area (TPSA) is 86.7 Å². The van der Waals surface area contributed by atoms with Crippen molar-refractivity contribution >= 4 is 28.4 Å². The average molecular weight is 363 g/mol. The van der Waals surface area contributed by atoms with Crippen LogP contribution in [0.4, 0.5) is 0 Å². The van der Waals surface area contributed by atoms with Crippen LogP contribution < -0.4 is 4.72 Å². The minimum atomic E-state index is -3.70. The van der Waals surface area contributed by atoms with Gasteiger partial charge >= 0.3 is 5.97 Å². The number of likely N-dealkylation sites (tertiary alicyclic amines) is 1. The summed E-state index contributed by atoms with van der Waals surface area (Å²) in [4.78, 5) is 13.4. The molecule has 0 unspecified atom stereocenters. The first-order valence-electron chi connectivity index (χ1n) is 7.38. The number of hydrogen-bond donors (Lipinski definition) is 2. The first kappa shape index (κ1) is 19.9. The van der Waals surface area contributed by atoms with Crippen LogP contribution in [0.15, 0.2) is 17.0 Å². The Morgan fingerprint density at radius 1 is 1.26 bits per heavy atom. The fourth-order valence-corrected chi connectivity index (χ4v) is 4.01. The number of nitrogens with zero attached hydrogens (tertiary/aromatic N) is 1. The van der Waals surface area contributed by atoms with Gasteiger partial charge < -0.3 is 10.0 Å². The van der Waals surface area contributed by atoms with Crippen molar-refractivity contribution in [2.24, 2.45) is 0 Å². The van der Waals surface area contributed by atoms with Crippen molar-refractivity contribution in [2.45, 2.75) is 31.6 Å². The Morgan fingerprint density at radius 2 is 1.87 bits per heavy atom. The number of carbonyl (C=O) groups is 1. The van der Waals surface area contributed by atoms with Gasteiger partial charge in [0.15, 0.2) is 0 Å². The number of nitrogens with one attached hydrogen (secondary N) is 1. The summed E-state index contributed by atoms with van der Waals surface area (Å²) in [5.41, 5.74) is 1.22. The van der Waals surface area contributed by atoms with Crippen LogP contribution in [0.5, 0.6) is 0 Å². The molecule has 1 aromatic carbocycles. The van der Waals surface area contributed by atoms with E-state index in [-0.39, 0.29) is 22.9 Å². The molecule has 0 radical (unpaired) electrons. The zero-order valence-electron chi connectivity index (χ0n) is 13.3. The molecule has 2 rings (SSSR count). The Balaban J connectivity index is 0.00000264. The van der Waals surface area contributed by atoms with Crippen LogP contribution in [0.2, 0.25) is 0 Å². The second-order valence-corrected chi connectivity index (χ2v) is 7.40. The molecule has 1 heterocycles. The summed E-state index contributed by atoms with van der Waals surface area (Å²) in [5.74, 6) is -1.13. The highest BCUT2D eigenvalue weighted by molar-refractivity contribution is 7.89. The van der Waals surface area contributed by atoms with Crippen LogP contribution in [-0.2, 0) is 10.0 Å². The van der Waals surface area contributed by atoms with E-state index in [2.05, 4.69) is 9.62 Å². The molecule has 130 valence electrons. The number of hydrogen-bond acceptors (Lipinski definition) is 4. The molecule has 0 amide bonds. The summed E-state index contributed by atoms with van der Waals surface area (Å²) in [6.07, 6.45) is 2.32. The van der Waals surface area contributed by atoms with Crippen LogP contribution >= 0.6 is 12.4 Å². The van der Waals surface area contributed by atoms with E-state index in [1.165, 1.54) is 12.1 Å². The summed E-state index contributed by atoms with van der Waals surface area (Å²) in [6, 6.07) is 2.71. The van der Waals surface area contributed by atoms with Crippen molar-refractivity contribution in [3.8, 4) is 0 Å². The van der Waals surface area contributed by atoms with E-state index in [0.29, 0.717) is 24.2 Å². The second-order valence-electron chi connectivity index (χ2n) is 5.67. The van der Waals surface area contributed by atoms with E-state index in [9.17, 15) is 13.2 Å². The Kier molecular flexibility index (Phi) is 7.01. The third-order valence-corrected chi connectivity index (χ3v) is 5.66. The van der Waals surface area contributed by atoms with Crippen LogP contribution in [0.25, 0.3) is 0 Å². The van der Waals surface area contributed by atoms with Crippen LogP contribution in [0.1, 0.15) is 34.3 Å². The Hall–Kier alpha value is -1.15. The van der Waals surface area contributed by atoms with Gasteiger partial charge in [-0.05, 0) is 63.0 Å². The lowest BCUT2D eigenvalue weighted by atomic mass is 10.1. The van der Waals surface area contributed by atoms with Gasteiger partial charge in [0.1, 0.15) is 0 Å². The third kappa shape index (κ3) is 4.91. The smallest absolute Gasteiger partial charge is 0.335 e. The zero-order chi connectivity index (χ0) is 16.3. The van der Waals surface area contributed by atoms with Gasteiger partial charge in [-0.25, -0.2) is 17.9 Å². The largest absolute Gasteiger partial charge is 0.478 e. The van der Waals surface area contributed by atoms with Crippen LogP contribution in [0, 0.1) is 13.8 Å². The molecule has 1 fully saturated rings. The fraction of sp³-hybridized carbons (Fsp3) is 0.533. The van der Waals surface area contributed by atoms with Crippen molar-refractivity contribution in [2.75, 3.05) is 26.2 Å². The SMILES string of the molecule is Cc1cc(C(=O)O)cc(S(=O)(=O)NCCN2CCCC2)c1C.Cl. The lowest BCUT2D eigenvalue weighted by Crippen LogP contribution is -2.34. The van der Waals surface area contributed by atoms with Crippen molar-refractivity contribution < 1.29 is 18.3 Å². The molecule has 1 saturated heterocycles. The van der Waals surface area contributed by atoms with Crippen molar-refractivity contribution in [3.05, 3.63) is 28.8 Å². The van der Waals surface area contributed by atoms with Gasteiger partial charge in [0, 0.05) is 13.1 Å². The summed E-state index contributed by atoms with van der Waals surface area (Å²) in [6.45, 7) is 6.43. The van der Waals surface area contributed by atoms with E-state index in [0.717, 1.165) is 25.9 Å². The van der Waals surface area contributed by atoms with Gasteiger partial charge in [-0.1, -0.05) is 0 Å². The quantitative estimate of drug-likeness (QED) is 0.805. The fourth-order valence-electron chi connectivity index (χ4n) is 2.65. The lowest BCUT2D eigenvalue weighted by molar-refractivity contribution is 0.0696. The Morgan fingerprint density at radius 3 is 2.43 bits per heavy atom. The third-order valence-electron chi connectivity index (χ3n) is 4.07. The molecular weight excluding hydrogens is 340 g/mol. The first-order valence-corrected chi connectivity index (χ1v) is 8.86. The minimum absolute atomic E-state index is 0. The maximum atomic E-state index is 12.4. The van der Waals surface area contributed by atoms with E-state index in [1.807, 2.05) is 0 Å². The van der Waals surface area contributed by atoms with Gasteiger partial charge in [-0.2, -0.15) is 0 Å². The number of aryl methyl sites for hydroxylation is 1. The van der Waals surface area contributed by atoms with Gasteiger partial charge in [0.2, 0.25) is 10.0 Å². The number of carboxylic acids is 1. The zero-order valence-corrected chi connectivity index (χ0v) is 15.0. The summed E-state index contributed by atoms with van der Waals surface area (Å²) < 4.78 is 27.4. The Bertz CT molecular complexity index is 670. The van der Waals surface area contributed by atoms with E-state index in [1.54, 1.807) is 13.8 Å². The first-order chi connectivity index (χ1) is 10.3. The van der Waals surface area contributed by atoms with Gasteiger partial charge in [0.25, 0.3) is 0 Å². The molecule has 6 nitrogen and oxygen atoms in total. The molecule has 0 saturated carbocycles. The van der Waals surface area contributed by atoms with Gasteiger partial charge in [0.05, 0.1) is 10.5 Å². The van der Waals surface area contributed by atoms with Crippen LogP contribution in [0.3, 0.4) is 0 Å². The maximum Gasteiger partial charge on any atom is 0.335 e. The highest BCUT2D eigenvalue weighted by Crippen LogP contribution is 2.21. The minimum Gasteiger partial charge on any atom is -0.478 e. The maximum absolute atomic E-state index is 12.4. The number of rotatable bonds is 6. The normalized spacial score (nSPS) is 15.4. The average Bonchev–Trinajstić information content (AvgIpc) is 2.94. The predicted molar refractivity (Wildman–Crippen MR) is 91.0 cm³/mol. The molecule has 0 aliphatic carbocycles.